The third-order valence-electron chi connectivity index (χ3n) is 2.71. The minimum atomic E-state index is -1.21. The van der Waals surface area contributed by atoms with E-state index in [1.807, 2.05) is 6.92 Å². The predicted octanol–water partition coefficient (Wildman–Crippen LogP) is 0.297. The molecule has 1 atom stereocenters. The molecule has 0 bridgehead atoms. The molecule has 0 aliphatic heterocycles. The first kappa shape index (κ1) is 15.3. The van der Waals surface area contributed by atoms with Gasteiger partial charge < -0.3 is 25.1 Å². The summed E-state index contributed by atoms with van der Waals surface area (Å²) in [6.45, 7) is 5.05. The first-order valence-electron chi connectivity index (χ1n) is 6.53. The van der Waals surface area contributed by atoms with Crippen molar-refractivity contribution >= 4 is 5.97 Å². The second kappa shape index (κ2) is 7.63. The number of aliphatic carboxylic acids is 1. The summed E-state index contributed by atoms with van der Waals surface area (Å²) < 4.78 is 11.1. The van der Waals surface area contributed by atoms with Crippen molar-refractivity contribution in [3.8, 4) is 11.5 Å². The summed E-state index contributed by atoms with van der Waals surface area (Å²) in [4.78, 5) is 10.8. The third kappa shape index (κ3) is 4.44. The lowest BCUT2D eigenvalue weighted by Crippen LogP contribution is -2.61. The summed E-state index contributed by atoms with van der Waals surface area (Å²) in [5.74, 6) is -0.0299. The van der Waals surface area contributed by atoms with Gasteiger partial charge in [-0.2, -0.15) is 0 Å². The van der Waals surface area contributed by atoms with Gasteiger partial charge >= 0.3 is 0 Å². The van der Waals surface area contributed by atoms with Crippen molar-refractivity contribution in [3.63, 3.8) is 0 Å². The van der Waals surface area contributed by atoms with Gasteiger partial charge in [-0.05, 0) is 31.5 Å². The fourth-order valence-corrected chi connectivity index (χ4v) is 1.59. The minimum Gasteiger partial charge on any atom is -0.544 e. The number of carboxylic acid groups (broad SMARTS) is 1. The summed E-state index contributed by atoms with van der Waals surface area (Å²) in [7, 11) is 0. The van der Waals surface area contributed by atoms with Crippen LogP contribution in [-0.4, -0.2) is 19.2 Å². The number of hydrogen-bond acceptors (Lipinski definition) is 4. The van der Waals surface area contributed by atoms with Crippen LogP contribution in [0.1, 0.15) is 38.3 Å². The Kier molecular flexibility index (Phi) is 6.15. The van der Waals surface area contributed by atoms with Gasteiger partial charge in [0.1, 0.15) is 5.97 Å². The lowest BCUT2D eigenvalue weighted by molar-refractivity contribution is -0.443. The van der Waals surface area contributed by atoms with Crippen LogP contribution in [0.15, 0.2) is 18.2 Å². The van der Waals surface area contributed by atoms with Gasteiger partial charge in [0, 0.05) is 5.56 Å². The van der Waals surface area contributed by atoms with Crippen LogP contribution in [0.3, 0.4) is 0 Å². The number of carboxylic acids is 1. The Bertz CT molecular complexity index is 420. The van der Waals surface area contributed by atoms with Gasteiger partial charge in [0.25, 0.3) is 0 Å². The lowest BCUT2D eigenvalue weighted by atomic mass is 10.1. The maximum absolute atomic E-state index is 10.8. The van der Waals surface area contributed by atoms with E-state index in [9.17, 15) is 9.90 Å². The predicted molar refractivity (Wildman–Crippen MR) is 68.7 cm³/mol. The van der Waals surface area contributed by atoms with Gasteiger partial charge in [-0.15, -0.1) is 0 Å². The van der Waals surface area contributed by atoms with E-state index in [0.29, 0.717) is 30.3 Å². The fourth-order valence-electron chi connectivity index (χ4n) is 1.59. The molecule has 3 N–H and O–H groups in total. The second-order valence-corrected chi connectivity index (χ2v) is 4.21. The van der Waals surface area contributed by atoms with Crippen molar-refractivity contribution in [2.24, 2.45) is 0 Å². The molecule has 0 saturated carbocycles. The van der Waals surface area contributed by atoms with Crippen LogP contribution < -0.4 is 20.3 Å². The van der Waals surface area contributed by atoms with Crippen molar-refractivity contribution < 1.29 is 25.1 Å². The average molecular weight is 267 g/mol. The number of carbonyl (C=O) groups is 1. The second-order valence-electron chi connectivity index (χ2n) is 4.21. The van der Waals surface area contributed by atoms with Gasteiger partial charge in [-0.1, -0.05) is 13.3 Å². The molecule has 0 aliphatic carbocycles. The summed E-state index contributed by atoms with van der Waals surface area (Å²) in [5.41, 5.74) is 4.10. The molecule has 0 spiro atoms. The Morgan fingerprint density at radius 3 is 2.63 bits per heavy atom. The molecular weight excluding hydrogens is 246 g/mol. The number of quaternary nitrogens is 1. The van der Waals surface area contributed by atoms with Crippen LogP contribution >= 0.6 is 0 Å². The van der Waals surface area contributed by atoms with Gasteiger partial charge in [0.05, 0.1) is 13.2 Å². The molecule has 0 radical (unpaired) electrons. The van der Waals surface area contributed by atoms with Gasteiger partial charge in [0.15, 0.2) is 17.5 Å². The number of carbonyl (C=O) groups excluding carboxylic acids is 1. The van der Waals surface area contributed by atoms with Gasteiger partial charge in [0.2, 0.25) is 0 Å². The lowest BCUT2D eigenvalue weighted by Gasteiger charge is -2.15. The van der Waals surface area contributed by atoms with E-state index in [-0.39, 0.29) is 0 Å². The highest BCUT2D eigenvalue weighted by atomic mass is 16.5. The van der Waals surface area contributed by atoms with Gasteiger partial charge in [-0.25, -0.2) is 0 Å². The van der Waals surface area contributed by atoms with Crippen LogP contribution in [0.25, 0.3) is 0 Å². The molecule has 19 heavy (non-hydrogen) atoms. The molecule has 1 aromatic rings. The van der Waals surface area contributed by atoms with Crippen LogP contribution in [0, 0.1) is 0 Å². The largest absolute Gasteiger partial charge is 0.544 e. The van der Waals surface area contributed by atoms with E-state index in [1.165, 1.54) is 0 Å². The Morgan fingerprint density at radius 2 is 2.05 bits per heavy atom. The highest BCUT2D eigenvalue weighted by Crippen LogP contribution is 2.30. The monoisotopic (exact) mass is 267 g/mol. The number of hydrogen-bond donors (Lipinski definition) is 1. The molecule has 0 amide bonds. The summed E-state index contributed by atoms with van der Waals surface area (Å²) in [6, 6.07) is 4.14. The zero-order valence-corrected chi connectivity index (χ0v) is 11.5. The van der Waals surface area contributed by atoms with Crippen LogP contribution in [0.4, 0.5) is 0 Å². The fraction of sp³-hybridized carbons (Fsp3) is 0.500. The van der Waals surface area contributed by atoms with Crippen molar-refractivity contribution in [2.45, 2.75) is 32.7 Å². The number of rotatable bonds is 8. The standard InChI is InChI=1S/C14H21NO4/c1-3-5-8-19-11-7-6-10(13(15)14(16)17)9-12(11)18-4-2/h6-7,9,13H,3-5,8,15H2,1-2H3,(H,16,17)/t13-/m0/s1. The van der Waals surface area contributed by atoms with Crippen LogP contribution in [0.5, 0.6) is 11.5 Å². The number of ether oxygens (including phenoxy) is 2. The quantitative estimate of drug-likeness (QED) is 0.686. The highest BCUT2D eigenvalue weighted by Gasteiger charge is 2.14. The van der Waals surface area contributed by atoms with E-state index in [2.05, 4.69) is 12.7 Å². The average Bonchev–Trinajstić information content (AvgIpc) is 2.40. The zero-order chi connectivity index (χ0) is 14.3. The van der Waals surface area contributed by atoms with Gasteiger partial charge in [-0.3, -0.25) is 0 Å². The highest BCUT2D eigenvalue weighted by molar-refractivity contribution is 5.72. The molecule has 5 heteroatoms. The summed E-state index contributed by atoms with van der Waals surface area (Å²) >= 11 is 0. The molecule has 0 aromatic heterocycles. The van der Waals surface area contributed by atoms with Crippen LogP contribution in [-0.2, 0) is 4.79 Å². The molecule has 1 aromatic carbocycles. The van der Waals surface area contributed by atoms with E-state index in [0.717, 1.165) is 12.8 Å². The maximum Gasteiger partial charge on any atom is 0.161 e. The van der Waals surface area contributed by atoms with Crippen LogP contribution in [0.2, 0.25) is 0 Å². The van der Waals surface area contributed by atoms with E-state index in [4.69, 9.17) is 9.47 Å². The molecule has 0 heterocycles. The topological polar surface area (TPSA) is 86.2 Å². The SMILES string of the molecule is CCCCOc1ccc([C@H]([NH3+])C(=O)[O-])cc1OCC. The molecule has 5 nitrogen and oxygen atoms in total. The Morgan fingerprint density at radius 1 is 1.32 bits per heavy atom. The van der Waals surface area contributed by atoms with Crippen molar-refractivity contribution in [3.05, 3.63) is 23.8 Å². The summed E-state index contributed by atoms with van der Waals surface area (Å²) in [6.07, 6.45) is 2.01. The minimum absolute atomic E-state index is 0.487. The van der Waals surface area contributed by atoms with Crippen molar-refractivity contribution in [1.29, 1.82) is 0 Å². The molecule has 0 saturated heterocycles. The van der Waals surface area contributed by atoms with Crippen molar-refractivity contribution in [2.75, 3.05) is 13.2 Å². The number of benzene rings is 1. The molecule has 106 valence electrons. The van der Waals surface area contributed by atoms with Crippen molar-refractivity contribution in [1.82, 2.24) is 0 Å². The van der Waals surface area contributed by atoms with E-state index >= 15 is 0 Å². The molecule has 1 rings (SSSR count). The first-order chi connectivity index (χ1) is 9.10. The normalized spacial score (nSPS) is 11.9. The van der Waals surface area contributed by atoms with E-state index in [1.54, 1.807) is 18.2 Å². The summed E-state index contributed by atoms with van der Waals surface area (Å²) in [5, 5.41) is 10.8. The molecule has 0 fully saturated rings. The first-order valence-corrected chi connectivity index (χ1v) is 6.53. The smallest absolute Gasteiger partial charge is 0.161 e. The molecular formula is C14H21NO4. The molecule has 0 unspecified atom stereocenters. The Labute approximate surface area is 113 Å². The maximum atomic E-state index is 10.8. The Hall–Kier alpha value is -1.75. The zero-order valence-electron chi connectivity index (χ0n) is 11.5. The van der Waals surface area contributed by atoms with E-state index < -0.39 is 12.0 Å². The third-order valence-corrected chi connectivity index (χ3v) is 2.71. The Balaban J connectivity index is 2.90. The molecule has 0 aliphatic rings. The number of unbranched alkanes of at least 4 members (excludes halogenated alkanes) is 1.